The summed E-state index contributed by atoms with van der Waals surface area (Å²) in [4.78, 5) is 3.64. The van der Waals surface area contributed by atoms with E-state index in [1.807, 2.05) is 56.4 Å². The van der Waals surface area contributed by atoms with E-state index in [0.29, 0.717) is 16.8 Å². The van der Waals surface area contributed by atoms with Crippen LogP contribution in [0.25, 0.3) is 21.8 Å². The van der Waals surface area contributed by atoms with Crippen molar-refractivity contribution in [2.24, 2.45) is 0 Å². The highest BCUT2D eigenvalue weighted by Gasteiger charge is 2.26. The summed E-state index contributed by atoms with van der Waals surface area (Å²) in [5, 5.41) is 2.08. The maximum absolute atomic E-state index is 13.8. The molecule has 5 rings (SSSR count). The fourth-order valence-electron chi connectivity index (χ4n) is 4.34. The van der Waals surface area contributed by atoms with Crippen LogP contribution in [0.1, 0.15) is 27.9 Å². The molecule has 0 amide bonds. The molecule has 156 valence electrons. The van der Waals surface area contributed by atoms with Crippen LogP contribution >= 0.6 is 0 Å². The van der Waals surface area contributed by atoms with E-state index in [-0.39, 0.29) is 0 Å². The van der Waals surface area contributed by atoms with Gasteiger partial charge in [0.15, 0.2) is 0 Å². The number of aromatic nitrogens is 2. The van der Waals surface area contributed by atoms with E-state index in [9.17, 15) is 8.42 Å². The van der Waals surface area contributed by atoms with Crippen molar-refractivity contribution in [2.75, 3.05) is 0 Å². The lowest BCUT2D eigenvalue weighted by atomic mass is 10.0. The first-order valence-corrected chi connectivity index (χ1v) is 11.8. The highest BCUT2D eigenvalue weighted by Crippen LogP contribution is 2.33. The lowest BCUT2D eigenvalue weighted by Gasteiger charge is -2.13. The average molecular weight is 429 g/mol. The van der Waals surface area contributed by atoms with Gasteiger partial charge in [-0.15, -0.1) is 0 Å². The zero-order chi connectivity index (χ0) is 21.8. The third-order valence-electron chi connectivity index (χ3n) is 6.04. The second-order valence-corrected chi connectivity index (χ2v) is 10.00. The number of para-hydroxylation sites is 1. The summed E-state index contributed by atoms with van der Waals surface area (Å²) >= 11 is 0. The summed E-state index contributed by atoms with van der Waals surface area (Å²) in [6.45, 7) is 6.03. The number of rotatable bonds is 4. The quantitative estimate of drug-likeness (QED) is 0.389. The highest BCUT2D eigenvalue weighted by molar-refractivity contribution is 7.90. The maximum Gasteiger partial charge on any atom is 0.268 e. The summed E-state index contributed by atoms with van der Waals surface area (Å²) in [6.07, 6.45) is 2.51. The summed E-state index contributed by atoms with van der Waals surface area (Å²) < 4.78 is 29.1. The molecule has 4 nitrogen and oxygen atoms in total. The first-order chi connectivity index (χ1) is 14.9. The van der Waals surface area contributed by atoms with Gasteiger partial charge in [0.05, 0.1) is 10.4 Å². The summed E-state index contributed by atoms with van der Waals surface area (Å²) in [5.74, 6) is 0. The normalized spacial score (nSPS) is 12.1. The molecule has 0 atom stereocenters. The number of aryl methyl sites for hydroxylation is 3. The van der Waals surface area contributed by atoms with Gasteiger partial charge in [0.1, 0.15) is 0 Å². The second-order valence-electron chi connectivity index (χ2n) is 8.21. The standard InChI is InChI=1S/C26H24N2O2S/c1-17-8-11-21(12-9-17)31(29,30)28-25-7-5-4-6-22(25)19(3)26(28)15-20-16-27-24-14-18(2)10-13-23(20)24/h4-14,16,27H,15H2,1-3H3. The van der Waals surface area contributed by atoms with Gasteiger partial charge in [-0.25, -0.2) is 12.4 Å². The van der Waals surface area contributed by atoms with Crippen molar-refractivity contribution in [1.29, 1.82) is 0 Å². The number of hydrogen-bond acceptors (Lipinski definition) is 2. The zero-order valence-electron chi connectivity index (χ0n) is 17.8. The van der Waals surface area contributed by atoms with Gasteiger partial charge in [-0.1, -0.05) is 48.0 Å². The van der Waals surface area contributed by atoms with Gasteiger partial charge in [-0.2, -0.15) is 0 Å². The van der Waals surface area contributed by atoms with Gasteiger partial charge < -0.3 is 4.98 Å². The Morgan fingerprint density at radius 3 is 2.32 bits per heavy atom. The van der Waals surface area contributed by atoms with Crippen molar-refractivity contribution in [3.63, 3.8) is 0 Å². The number of fused-ring (bicyclic) bond motifs is 2. The Balaban J connectivity index is 1.75. The number of hydrogen-bond donors (Lipinski definition) is 1. The molecule has 0 unspecified atom stereocenters. The van der Waals surface area contributed by atoms with Gasteiger partial charge >= 0.3 is 0 Å². The van der Waals surface area contributed by atoms with Crippen LogP contribution in [0.2, 0.25) is 0 Å². The predicted octanol–water partition coefficient (Wildman–Crippen LogP) is 5.88. The minimum Gasteiger partial charge on any atom is -0.361 e. The summed E-state index contributed by atoms with van der Waals surface area (Å²) in [6, 6.07) is 21.1. The lowest BCUT2D eigenvalue weighted by Crippen LogP contribution is -2.16. The van der Waals surface area contributed by atoms with Crippen molar-refractivity contribution >= 4 is 31.8 Å². The molecule has 0 saturated heterocycles. The van der Waals surface area contributed by atoms with E-state index in [1.54, 1.807) is 12.1 Å². The first kappa shape index (κ1) is 19.6. The minimum atomic E-state index is -3.75. The van der Waals surface area contributed by atoms with Crippen LogP contribution in [0.5, 0.6) is 0 Å². The van der Waals surface area contributed by atoms with E-state index >= 15 is 0 Å². The molecule has 0 bridgehead atoms. The second kappa shape index (κ2) is 7.13. The van der Waals surface area contributed by atoms with Crippen LogP contribution < -0.4 is 0 Å². The van der Waals surface area contributed by atoms with Crippen molar-refractivity contribution < 1.29 is 8.42 Å². The number of benzene rings is 3. The number of H-pyrrole nitrogens is 1. The van der Waals surface area contributed by atoms with Gasteiger partial charge in [-0.3, -0.25) is 0 Å². The SMILES string of the molecule is Cc1ccc(S(=O)(=O)n2c(Cc3c[nH]c4cc(C)ccc34)c(C)c3ccccc32)cc1. The molecular weight excluding hydrogens is 404 g/mol. The van der Waals surface area contributed by atoms with E-state index in [2.05, 4.69) is 30.1 Å². The maximum atomic E-state index is 13.8. The van der Waals surface area contributed by atoms with E-state index < -0.39 is 10.0 Å². The van der Waals surface area contributed by atoms with Crippen molar-refractivity contribution in [2.45, 2.75) is 32.1 Å². The molecule has 0 aliphatic rings. The molecule has 0 aliphatic carbocycles. The van der Waals surface area contributed by atoms with Crippen LogP contribution in [0.15, 0.2) is 77.8 Å². The molecule has 31 heavy (non-hydrogen) atoms. The monoisotopic (exact) mass is 428 g/mol. The molecule has 0 radical (unpaired) electrons. The van der Waals surface area contributed by atoms with Crippen LogP contribution in [0, 0.1) is 20.8 Å². The number of nitrogens with zero attached hydrogens (tertiary/aromatic N) is 1. The molecule has 1 N–H and O–H groups in total. The topological polar surface area (TPSA) is 54.9 Å². The Kier molecular flexibility index (Phi) is 4.52. The molecular formula is C26H24N2O2S. The Bertz CT molecular complexity index is 1540. The lowest BCUT2D eigenvalue weighted by molar-refractivity contribution is 0.587. The van der Waals surface area contributed by atoms with Gasteiger partial charge in [-0.05, 0) is 61.7 Å². The Morgan fingerprint density at radius 1 is 0.839 bits per heavy atom. The molecule has 5 aromatic rings. The molecule has 0 aliphatic heterocycles. The number of nitrogens with one attached hydrogen (secondary N) is 1. The molecule has 5 heteroatoms. The smallest absolute Gasteiger partial charge is 0.268 e. The highest BCUT2D eigenvalue weighted by atomic mass is 32.2. The molecule has 0 saturated carbocycles. The Hall–Kier alpha value is -3.31. The molecule has 0 spiro atoms. The minimum absolute atomic E-state index is 0.301. The number of aromatic amines is 1. The van der Waals surface area contributed by atoms with Crippen LogP contribution in [0.4, 0.5) is 0 Å². The first-order valence-electron chi connectivity index (χ1n) is 10.3. The van der Waals surface area contributed by atoms with Crippen LogP contribution in [-0.2, 0) is 16.4 Å². The summed E-state index contributed by atoms with van der Waals surface area (Å²) in [7, 11) is -3.75. The molecule has 0 fully saturated rings. The largest absolute Gasteiger partial charge is 0.361 e. The van der Waals surface area contributed by atoms with E-state index in [0.717, 1.165) is 38.7 Å². The Morgan fingerprint density at radius 2 is 1.55 bits per heavy atom. The molecule has 3 aromatic carbocycles. The Labute approximate surface area is 182 Å². The fraction of sp³-hybridized carbons (Fsp3) is 0.154. The van der Waals surface area contributed by atoms with Crippen LogP contribution in [-0.4, -0.2) is 17.4 Å². The third-order valence-corrected chi connectivity index (χ3v) is 7.81. The van der Waals surface area contributed by atoms with Gasteiger partial charge in [0, 0.05) is 34.6 Å². The molecule has 2 aromatic heterocycles. The van der Waals surface area contributed by atoms with Crippen molar-refractivity contribution in [3.05, 3.63) is 101 Å². The van der Waals surface area contributed by atoms with Crippen molar-refractivity contribution in [1.82, 2.24) is 8.96 Å². The predicted molar refractivity (Wildman–Crippen MR) is 126 cm³/mol. The summed E-state index contributed by atoms with van der Waals surface area (Å²) in [5.41, 5.74) is 6.87. The average Bonchev–Trinajstić information content (AvgIpc) is 3.27. The van der Waals surface area contributed by atoms with E-state index in [4.69, 9.17) is 0 Å². The zero-order valence-corrected chi connectivity index (χ0v) is 18.6. The van der Waals surface area contributed by atoms with Crippen molar-refractivity contribution in [3.8, 4) is 0 Å². The van der Waals surface area contributed by atoms with Crippen LogP contribution in [0.3, 0.4) is 0 Å². The third kappa shape index (κ3) is 3.17. The van der Waals surface area contributed by atoms with E-state index in [1.165, 1.54) is 9.54 Å². The molecule has 2 heterocycles. The fourth-order valence-corrected chi connectivity index (χ4v) is 5.94. The van der Waals surface area contributed by atoms with Gasteiger partial charge in [0.2, 0.25) is 0 Å². The van der Waals surface area contributed by atoms with Gasteiger partial charge in [0.25, 0.3) is 10.0 Å².